The quantitative estimate of drug-likeness (QED) is 0.558. The number of ether oxygens (including phenoxy) is 3. The first kappa shape index (κ1) is 24.5. The van der Waals surface area contributed by atoms with Crippen molar-refractivity contribution >= 4 is 34.9 Å². The maximum Gasteiger partial charge on any atom is 0.322 e. The molecular formula is C23H29Cl2N3O4. The van der Waals surface area contributed by atoms with E-state index in [0.29, 0.717) is 40.3 Å². The Labute approximate surface area is 199 Å². The number of benzene rings is 2. The molecule has 0 radical (unpaired) electrons. The Kier molecular flexibility index (Phi) is 9.29. The molecule has 7 nitrogen and oxygen atoms in total. The van der Waals surface area contributed by atoms with Crippen LogP contribution in [0.15, 0.2) is 36.4 Å². The highest BCUT2D eigenvalue weighted by molar-refractivity contribution is 6.42. The van der Waals surface area contributed by atoms with Crippen molar-refractivity contribution in [2.24, 2.45) is 0 Å². The highest BCUT2D eigenvalue weighted by atomic mass is 35.5. The van der Waals surface area contributed by atoms with E-state index in [2.05, 4.69) is 10.2 Å². The van der Waals surface area contributed by atoms with E-state index in [4.69, 9.17) is 37.4 Å². The number of anilines is 1. The van der Waals surface area contributed by atoms with E-state index < -0.39 is 0 Å². The smallest absolute Gasteiger partial charge is 0.322 e. The van der Waals surface area contributed by atoms with E-state index >= 15 is 0 Å². The lowest BCUT2D eigenvalue weighted by atomic mass is 10.1. The number of hydrogen-bond acceptors (Lipinski definition) is 5. The van der Waals surface area contributed by atoms with E-state index in [-0.39, 0.29) is 6.03 Å². The summed E-state index contributed by atoms with van der Waals surface area (Å²) < 4.78 is 16.4. The zero-order valence-corrected chi connectivity index (χ0v) is 19.9. The summed E-state index contributed by atoms with van der Waals surface area (Å²) in [6.07, 6.45) is 0.834. The topological polar surface area (TPSA) is 63.3 Å². The summed E-state index contributed by atoms with van der Waals surface area (Å²) in [5, 5.41) is 3.75. The lowest BCUT2D eigenvalue weighted by Crippen LogP contribution is -2.40. The fourth-order valence-electron chi connectivity index (χ4n) is 3.62. The Balaban J connectivity index is 1.73. The average Bonchev–Trinajstić information content (AvgIpc) is 2.81. The molecule has 1 N–H and O–H groups in total. The first-order valence-corrected chi connectivity index (χ1v) is 11.3. The minimum Gasteiger partial charge on any atom is -0.493 e. The molecule has 32 heavy (non-hydrogen) atoms. The largest absolute Gasteiger partial charge is 0.493 e. The van der Waals surface area contributed by atoms with Gasteiger partial charge < -0.3 is 24.4 Å². The zero-order chi connectivity index (χ0) is 22.9. The number of methoxy groups -OCH3 is 2. The highest BCUT2D eigenvalue weighted by Crippen LogP contribution is 2.32. The highest BCUT2D eigenvalue weighted by Gasteiger charge is 2.19. The van der Waals surface area contributed by atoms with Crippen LogP contribution in [-0.4, -0.2) is 69.4 Å². The summed E-state index contributed by atoms with van der Waals surface area (Å²) in [4.78, 5) is 17.3. The number of carbonyl (C=O) groups is 1. The van der Waals surface area contributed by atoms with Gasteiger partial charge in [-0.05, 0) is 30.7 Å². The summed E-state index contributed by atoms with van der Waals surface area (Å²) in [6.45, 7) is 5.18. The van der Waals surface area contributed by atoms with Crippen LogP contribution in [0.25, 0.3) is 0 Å². The molecule has 9 heteroatoms. The van der Waals surface area contributed by atoms with Gasteiger partial charge in [0.05, 0.1) is 44.0 Å². The number of nitrogens with zero attached hydrogens (tertiary/aromatic N) is 2. The lowest BCUT2D eigenvalue weighted by Gasteiger charge is -2.29. The molecule has 2 amide bonds. The van der Waals surface area contributed by atoms with Crippen LogP contribution < -0.4 is 14.8 Å². The molecule has 2 aromatic rings. The van der Waals surface area contributed by atoms with Crippen molar-refractivity contribution in [1.82, 2.24) is 9.80 Å². The second kappa shape index (κ2) is 12.2. The third-order valence-corrected chi connectivity index (χ3v) is 6.05. The van der Waals surface area contributed by atoms with Crippen molar-refractivity contribution < 1.29 is 19.0 Å². The third kappa shape index (κ3) is 6.65. The van der Waals surface area contributed by atoms with Crippen LogP contribution in [0.4, 0.5) is 10.5 Å². The van der Waals surface area contributed by atoms with Crippen molar-refractivity contribution in [3.05, 3.63) is 52.0 Å². The SMILES string of the molecule is COc1cccc(CN(CCCN2CCOCC2)C(=O)Nc2ccc(Cl)c(Cl)c2)c1OC. The van der Waals surface area contributed by atoms with Crippen LogP contribution in [0.3, 0.4) is 0 Å². The number of halogens is 2. The maximum absolute atomic E-state index is 13.2. The first-order chi connectivity index (χ1) is 15.5. The predicted molar refractivity (Wildman–Crippen MR) is 127 cm³/mol. The Morgan fingerprint density at radius 2 is 1.91 bits per heavy atom. The van der Waals surface area contributed by atoms with Crippen molar-refractivity contribution in [2.45, 2.75) is 13.0 Å². The standard InChI is InChI=1S/C23H29Cl2N3O4/c1-30-21-6-3-5-17(22(21)31-2)16-28(10-4-9-27-11-13-32-14-12-27)23(29)26-18-7-8-19(24)20(25)15-18/h3,5-8,15H,4,9-14,16H2,1-2H3,(H,26,29). The minimum atomic E-state index is -0.227. The van der Waals surface area contributed by atoms with Crippen molar-refractivity contribution in [2.75, 3.05) is 58.9 Å². The third-order valence-electron chi connectivity index (χ3n) is 5.31. The van der Waals surface area contributed by atoms with Gasteiger partial charge in [-0.2, -0.15) is 0 Å². The Hall–Kier alpha value is -2.19. The summed E-state index contributed by atoms with van der Waals surface area (Å²) in [7, 11) is 3.19. The number of nitrogens with one attached hydrogen (secondary N) is 1. The molecule has 0 atom stereocenters. The molecule has 3 rings (SSSR count). The summed E-state index contributed by atoms with van der Waals surface area (Å²) >= 11 is 12.1. The zero-order valence-electron chi connectivity index (χ0n) is 18.4. The molecule has 1 aliphatic heterocycles. The van der Waals surface area contributed by atoms with Crippen molar-refractivity contribution in [3.8, 4) is 11.5 Å². The predicted octanol–water partition coefficient (Wildman–Crippen LogP) is 4.77. The Bertz CT molecular complexity index is 907. The fraction of sp³-hybridized carbons (Fsp3) is 0.435. The van der Waals surface area contributed by atoms with Gasteiger partial charge in [0.15, 0.2) is 11.5 Å². The van der Waals surface area contributed by atoms with E-state index in [1.54, 1.807) is 37.3 Å². The molecule has 0 spiro atoms. The Morgan fingerprint density at radius 1 is 1.12 bits per heavy atom. The molecule has 174 valence electrons. The fourth-order valence-corrected chi connectivity index (χ4v) is 3.92. The molecule has 0 unspecified atom stereocenters. The molecule has 0 saturated carbocycles. The van der Waals surface area contributed by atoms with Gasteiger partial charge in [0.25, 0.3) is 0 Å². The number of hydrogen-bond donors (Lipinski definition) is 1. The second-order valence-corrected chi connectivity index (χ2v) is 8.26. The molecule has 0 aromatic heterocycles. The van der Waals surface area contributed by atoms with Gasteiger partial charge in [-0.25, -0.2) is 4.79 Å². The Morgan fingerprint density at radius 3 is 2.59 bits per heavy atom. The average molecular weight is 482 g/mol. The summed E-state index contributed by atoms with van der Waals surface area (Å²) in [5.74, 6) is 1.25. The monoisotopic (exact) mass is 481 g/mol. The van der Waals surface area contributed by atoms with Crippen molar-refractivity contribution in [3.63, 3.8) is 0 Å². The van der Waals surface area contributed by atoms with E-state index in [9.17, 15) is 4.79 Å². The van der Waals surface area contributed by atoms with Gasteiger partial charge in [0, 0.05) is 37.4 Å². The number of morpholine rings is 1. The van der Waals surface area contributed by atoms with E-state index in [0.717, 1.165) is 44.8 Å². The van der Waals surface area contributed by atoms with Crippen LogP contribution in [0.2, 0.25) is 10.0 Å². The van der Waals surface area contributed by atoms with Gasteiger partial charge in [-0.3, -0.25) is 4.90 Å². The number of para-hydroxylation sites is 1. The molecule has 1 heterocycles. The van der Waals surface area contributed by atoms with Crippen LogP contribution in [0.5, 0.6) is 11.5 Å². The number of carbonyl (C=O) groups excluding carboxylic acids is 1. The first-order valence-electron chi connectivity index (χ1n) is 10.5. The van der Waals surface area contributed by atoms with Gasteiger partial charge in [0.1, 0.15) is 0 Å². The summed E-state index contributed by atoms with van der Waals surface area (Å²) in [6, 6.07) is 10.5. The molecule has 1 saturated heterocycles. The van der Waals surface area contributed by atoms with Crippen molar-refractivity contribution in [1.29, 1.82) is 0 Å². The van der Waals surface area contributed by atoms with Gasteiger partial charge in [0.2, 0.25) is 0 Å². The number of urea groups is 1. The molecule has 1 fully saturated rings. The van der Waals surface area contributed by atoms with Crippen LogP contribution in [-0.2, 0) is 11.3 Å². The molecule has 1 aliphatic rings. The molecular weight excluding hydrogens is 453 g/mol. The van der Waals surface area contributed by atoms with E-state index in [1.165, 1.54) is 0 Å². The van der Waals surface area contributed by atoms with Crippen LogP contribution in [0.1, 0.15) is 12.0 Å². The van der Waals surface area contributed by atoms with Gasteiger partial charge in [-0.15, -0.1) is 0 Å². The van der Waals surface area contributed by atoms with E-state index in [1.807, 2.05) is 18.2 Å². The molecule has 2 aromatic carbocycles. The number of amides is 2. The molecule has 0 bridgehead atoms. The second-order valence-electron chi connectivity index (χ2n) is 7.44. The minimum absolute atomic E-state index is 0.227. The van der Waals surface area contributed by atoms with Gasteiger partial charge in [-0.1, -0.05) is 35.3 Å². The van der Waals surface area contributed by atoms with Crippen LogP contribution >= 0.6 is 23.2 Å². The van der Waals surface area contributed by atoms with Crippen LogP contribution in [0, 0.1) is 0 Å². The maximum atomic E-state index is 13.2. The summed E-state index contributed by atoms with van der Waals surface area (Å²) in [5.41, 5.74) is 1.45. The molecule has 0 aliphatic carbocycles. The van der Waals surface area contributed by atoms with Gasteiger partial charge >= 0.3 is 6.03 Å². The normalized spacial score (nSPS) is 14.1. The lowest BCUT2D eigenvalue weighted by molar-refractivity contribution is 0.0365. The number of rotatable bonds is 9.